The standard InChI is InChI=1S/C9H21NO/c1-5-8(7(3)4)9(10)11-6-2/h7-9H,5-6,10H2,1-4H3. The van der Waals surface area contributed by atoms with Gasteiger partial charge in [0, 0.05) is 12.5 Å². The van der Waals surface area contributed by atoms with Crippen molar-refractivity contribution in [3.63, 3.8) is 0 Å². The second-order valence-corrected chi connectivity index (χ2v) is 3.24. The van der Waals surface area contributed by atoms with E-state index in [9.17, 15) is 0 Å². The van der Waals surface area contributed by atoms with Crippen molar-refractivity contribution in [3.8, 4) is 0 Å². The van der Waals surface area contributed by atoms with E-state index in [4.69, 9.17) is 10.5 Å². The molecule has 0 radical (unpaired) electrons. The Hall–Kier alpha value is -0.0800. The quantitative estimate of drug-likeness (QED) is 0.623. The molecule has 68 valence electrons. The van der Waals surface area contributed by atoms with Gasteiger partial charge in [-0.3, -0.25) is 0 Å². The van der Waals surface area contributed by atoms with Gasteiger partial charge in [-0.05, 0) is 19.3 Å². The highest BCUT2D eigenvalue weighted by atomic mass is 16.5. The minimum Gasteiger partial charge on any atom is -0.364 e. The lowest BCUT2D eigenvalue weighted by Crippen LogP contribution is -2.35. The van der Waals surface area contributed by atoms with Crippen LogP contribution in [0.15, 0.2) is 0 Å². The summed E-state index contributed by atoms with van der Waals surface area (Å²) in [7, 11) is 0. The molecule has 0 saturated heterocycles. The van der Waals surface area contributed by atoms with Gasteiger partial charge < -0.3 is 10.5 Å². The van der Waals surface area contributed by atoms with Gasteiger partial charge in [0.2, 0.25) is 0 Å². The summed E-state index contributed by atoms with van der Waals surface area (Å²) in [4.78, 5) is 0. The Morgan fingerprint density at radius 2 is 1.82 bits per heavy atom. The fourth-order valence-corrected chi connectivity index (χ4v) is 1.40. The van der Waals surface area contributed by atoms with Crippen molar-refractivity contribution in [2.75, 3.05) is 6.61 Å². The van der Waals surface area contributed by atoms with Gasteiger partial charge in [-0.25, -0.2) is 0 Å². The molecule has 0 spiro atoms. The molecule has 0 bridgehead atoms. The lowest BCUT2D eigenvalue weighted by atomic mass is 9.92. The molecule has 2 heteroatoms. The van der Waals surface area contributed by atoms with E-state index in [1.54, 1.807) is 0 Å². The molecule has 2 N–H and O–H groups in total. The number of nitrogens with two attached hydrogens (primary N) is 1. The van der Waals surface area contributed by atoms with Crippen molar-refractivity contribution in [2.24, 2.45) is 17.6 Å². The molecule has 0 aliphatic heterocycles. The van der Waals surface area contributed by atoms with Gasteiger partial charge in [0.1, 0.15) is 6.23 Å². The van der Waals surface area contributed by atoms with Crippen molar-refractivity contribution < 1.29 is 4.74 Å². The van der Waals surface area contributed by atoms with Crippen molar-refractivity contribution in [1.82, 2.24) is 0 Å². The molecule has 2 unspecified atom stereocenters. The highest BCUT2D eigenvalue weighted by molar-refractivity contribution is 4.66. The van der Waals surface area contributed by atoms with E-state index in [0.29, 0.717) is 18.4 Å². The zero-order valence-electron chi connectivity index (χ0n) is 8.13. The van der Waals surface area contributed by atoms with Crippen LogP contribution in [0.1, 0.15) is 34.1 Å². The maximum atomic E-state index is 5.82. The minimum atomic E-state index is -0.0787. The van der Waals surface area contributed by atoms with E-state index >= 15 is 0 Å². The molecule has 0 saturated carbocycles. The molecular formula is C9H21NO. The van der Waals surface area contributed by atoms with E-state index in [0.717, 1.165) is 6.42 Å². The van der Waals surface area contributed by atoms with Crippen LogP contribution >= 0.6 is 0 Å². The van der Waals surface area contributed by atoms with E-state index in [-0.39, 0.29) is 6.23 Å². The Balaban J connectivity index is 3.81. The molecular weight excluding hydrogens is 138 g/mol. The smallest absolute Gasteiger partial charge is 0.108 e. The Labute approximate surface area is 70.1 Å². The average Bonchev–Trinajstić information content (AvgIpc) is 1.88. The number of hydrogen-bond donors (Lipinski definition) is 1. The first-order valence-electron chi connectivity index (χ1n) is 4.50. The molecule has 2 nitrogen and oxygen atoms in total. The van der Waals surface area contributed by atoms with Gasteiger partial charge >= 0.3 is 0 Å². The molecule has 0 amide bonds. The molecule has 2 atom stereocenters. The second-order valence-electron chi connectivity index (χ2n) is 3.24. The van der Waals surface area contributed by atoms with E-state index in [1.165, 1.54) is 0 Å². The van der Waals surface area contributed by atoms with Crippen LogP contribution in [0.25, 0.3) is 0 Å². The van der Waals surface area contributed by atoms with Gasteiger partial charge in [0.05, 0.1) is 0 Å². The summed E-state index contributed by atoms with van der Waals surface area (Å²) in [6.45, 7) is 9.22. The molecule has 0 fully saturated rings. The Bertz CT molecular complexity index is 93.6. The van der Waals surface area contributed by atoms with Crippen LogP contribution < -0.4 is 5.73 Å². The zero-order valence-corrected chi connectivity index (χ0v) is 8.13. The van der Waals surface area contributed by atoms with E-state index < -0.39 is 0 Å². The number of ether oxygens (including phenoxy) is 1. The van der Waals surface area contributed by atoms with Gasteiger partial charge in [-0.2, -0.15) is 0 Å². The molecule has 0 rings (SSSR count). The summed E-state index contributed by atoms with van der Waals surface area (Å²) in [5.41, 5.74) is 5.82. The van der Waals surface area contributed by atoms with Crippen LogP contribution in [0.2, 0.25) is 0 Å². The topological polar surface area (TPSA) is 35.2 Å². The highest BCUT2D eigenvalue weighted by Crippen LogP contribution is 2.18. The maximum absolute atomic E-state index is 5.82. The summed E-state index contributed by atoms with van der Waals surface area (Å²) in [6, 6.07) is 0. The normalized spacial score (nSPS) is 16.9. The molecule has 0 aromatic carbocycles. The maximum Gasteiger partial charge on any atom is 0.108 e. The van der Waals surface area contributed by atoms with Gasteiger partial charge in [0.25, 0.3) is 0 Å². The first-order valence-corrected chi connectivity index (χ1v) is 4.50. The van der Waals surface area contributed by atoms with Gasteiger partial charge in [-0.1, -0.05) is 20.8 Å². The first kappa shape index (κ1) is 10.9. The van der Waals surface area contributed by atoms with Crippen LogP contribution in [-0.4, -0.2) is 12.8 Å². The van der Waals surface area contributed by atoms with Crippen molar-refractivity contribution >= 4 is 0 Å². The number of hydrogen-bond acceptors (Lipinski definition) is 2. The predicted octanol–water partition coefficient (Wildman–Crippen LogP) is 1.99. The third kappa shape index (κ3) is 3.73. The fraction of sp³-hybridized carbons (Fsp3) is 1.00. The molecule has 0 aromatic rings. The predicted molar refractivity (Wildman–Crippen MR) is 48.2 cm³/mol. The second kappa shape index (κ2) is 5.56. The molecule has 0 aromatic heterocycles. The van der Waals surface area contributed by atoms with Crippen molar-refractivity contribution in [3.05, 3.63) is 0 Å². The molecule has 0 aliphatic rings. The van der Waals surface area contributed by atoms with Crippen LogP contribution in [0, 0.1) is 11.8 Å². The Kier molecular flexibility index (Phi) is 5.51. The summed E-state index contributed by atoms with van der Waals surface area (Å²) >= 11 is 0. The summed E-state index contributed by atoms with van der Waals surface area (Å²) in [5.74, 6) is 1.11. The lowest BCUT2D eigenvalue weighted by molar-refractivity contribution is 0.00727. The lowest BCUT2D eigenvalue weighted by Gasteiger charge is -2.25. The zero-order chi connectivity index (χ0) is 8.85. The van der Waals surface area contributed by atoms with Crippen LogP contribution in [0.4, 0.5) is 0 Å². The third-order valence-electron chi connectivity index (χ3n) is 2.11. The monoisotopic (exact) mass is 159 g/mol. The van der Waals surface area contributed by atoms with E-state index in [2.05, 4.69) is 20.8 Å². The molecule has 0 aliphatic carbocycles. The molecule has 0 heterocycles. The van der Waals surface area contributed by atoms with Crippen LogP contribution in [-0.2, 0) is 4.74 Å². The largest absolute Gasteiger partial charge is 0.364 e. The first-order chi connectivity index (χ1) is 5.13. The Morgan fingerprint density at radius 3 is 2.09 bits per heavy atom. The van der Waals surface area contributed by atoms with Crippen molar-refractivity contribution in [2.45, 2.75) is 40.3 Å². The number of rotatable bonds is 5. The summed E-state index contributed by atoms with van der Waals surface area (Å²) in [6.07, 6.45) is 1.02. The summed E-state index contributed by atoms with van der Waals surface area (Å²) < 4.78 is 5.33. The minimum absolute atomic E-state index is 0.0787. The van der Waals surface area contributed by atoms with Crippen LogP contribution in [0.3, 0.4) is 0 Å². The SMILES string of the molecule is CCOC(N)C(CC)C(C)C. The Morgan fingerprint density at radius 1 is 1.27 bits per heavy atom. The molecule has 11 heavy (non-hydrogen) atoms. The van der Waals surface area contributed by atoms with Gasteiger partial charge in [-0.15, -0.1) is 0 Å². The fourth-order valence-electron chi connectivity index (χ4n) is 1.40. The average molecular weight is 159 g/mol. The summed E-state index contributed by atoms with van der Waals surface area (Å²) in [5, 5.41) is 0. The highest BCUT2D eigenvalue weighted by Gasteiger charge is 2.18. The van der Waals surface area contributed by atoms with Crippen LogP contribution in [0.5, 0.6) is 0 Å². The van der Waals surface area contributed by atoms with Gasteiger partial charge in [0.15, 0.2) is 0 Å². The van der Waals surface area contributed by atoms with Crippen molar-refractivity contribution in [1.29, 1.82) is 0 Å². The third-order valence-corrected chi connectivity index (χ3v) is 2.11. The van der Waals surface area contributed by atoms with E-state index in [1.807, 2.05) is 6.92 Å².